The van der Waals surface area contributed by atoms with E-state index in [1.165, 1.54) is 42.4 Å². The number of amides is 6. The number of nitrogens with zero attached hydrogens (tertiary/aromatic N) is 14. The van der Waals surface area contributed by atoms with E-state index in [-0.39, 0.29) is 36.1 Å². The zero-order chi connectivity index (χ0) is 88.3. The number of carbonyl (C=O) groups excluding carboxylic acids is 8. The highest BCUT2D eigenvalue weighted by atomic mass is 16.6. The molecule has 6 aliphatic rings. The first-order chi connectivity index (χ1) is 58.4. The Balaban J connectivity index is 0.000000156. The Bertz CT molecular complexity index is 5270. The zero-order valence-electron chi connectivity index (χ0n) is 74.0. The Morgan fingerprint density at radius 3 is 1.33 bits per heavy atom. The van der Waals surface area contributed by atoms with Crippen molar-refractivity contribution in [2.45, 2.75) is 212 Å². The monoisotopic (exact) mass is 1680 g/mol. The van der Waals surface area contributed by atoms with Gasteiger partial charge in [0.25, 0.3) is 5.91 Å². The van der Waals surface area contributed by atoms with E-state index < -0.39 is 52.8 Å². The van der Waals surface area contributed by atoms with Gasteiger partial charge in [0.05, 0.1) is 96.0 Å². The third-order valence-electron chi connectivity index (χ3n) is 22.7. The van der Waals surface area contributed by atoms with Crippen LogP contribution in [0.4, 0.5) is 33.5 Å². The van der Waals surface area contributed by atoms with Crippen LogP contribution in [0.2, 0.25) is 0 Å². The molecule has 31 nitrogen and oxygen atoms in total. The number of anilines is 5. The number of carboxylic acid groups (broad SMARTS) is 1. The average Bonchev–Trinajstić information content (AvgIpc) is 1.76. The summed E-state index contributed by atoms with van der Waals surface area (Å²) in [5.41, 5.74) is 15.7. The molecule has 0 radical (unpaired) electrons. The van der Waals surface area contributed by atoms with Crippen molar-refractivity contribution in [2.24, 2.45) is 17.8 Å². The minimum Gasteiger partial charge on any atom is -0.540 e. The molecule has 6 atom stereocenters. The van der Waals surface area contributed by atoms with Gasteiger partial charge in [0, 0.05) is 79.1 Å². The van der Waals surface area contributed by atoms with Crippen molar-refractivity contribution in [3.05, 3.63) is 149 Å². The number of nitrogens with one attached hydrogen (secondary N) is 5. The molecule has 3 aliphatic carbocycles. The van der Waals surface area contributed by atoms with Gasteiger partial charge in [-0.1, -0.05) is 39.0 Å². The number of pyridine rings is 3. The van der Waals surface area contributed by atoms with Crippen LogP contribution >= 0.6 is 0 Å². The highest BCUT2D eigenvalue weighted by Gasteiger charge is 2.39. The lowest BCUT2D eigenvalue weighted by atomic mass is 9.89. The number of hydrogen-bond donors (Lipinski definition) is 6. The Labute approximate surface area is 720 Å². The number of aromatic nitrogens is 9. The van der Waals surface area contributed by atoms with Gasteiger partial charge in [-0.25, -0.2) is 14.8 Å². The van der Waals surface area contributed by atoms with Crippen LogP contribution in [0.3, 0.4) is 0 Å². The van der Waals surface area contributed by atoms with E-state index >= 15 is 0 Å². The van der Waals surface area contributed by atoms with Crippen LogP contribution in [-0.4, -0.2) is 209 Å². The molecule has 658 valence electrons. The van der Waals surface area contributed by atoms with Crippen LogP contribution in [0, 0.1) is 17.8 Å². The summed E-state index contributed by atoms with van der Waals surface area (Å²) in [6, 6.07) is 24.5. The van der Waals surface area contributed by atoms with Gasteiger partial charge in [-0.3, -0.25) is 53.1 Å². The van der Waals surface area contributed by atoms with Crippen LogP contribution < -0.4 is 37.4 Å². The molecule has 7 N–H and O–H groups in total. The van der Waals surface area contributed by atoms with Crippen molar-refractivity contribution in [1.82, 2.24) is 74.1 Å². The summed E-state index contributed by atoms with van der Waals surface area (Å²) in [5, 5.41) is 41.8. The quantitative estimate of drug-likeness (QED) is 0.0287. The van der Waals surface area contributed by atoms with Gasteiger partial charge in [-0.05, 0) is 285 Å². The smallest absolute Gasteiger partial charge is 0.413 e. The molecule has 6 fully saturated rings. The van der Waals surface area contributed by atoms with Crippen LogP contribution in [0.5, 0.6) is 0 Å². The molecule has 9 aromatic rings. The summed E-state index contributed by atoms with van der Waals surface area (Å²) < 4.78 is 16.6. The molecule has 6 aromatic heterocycles. The third kappa shape index (κ3) is 25.9. The maximum absolute atomic E-state index is 13.6. The molecular formula is C92H123N20O11-. The van der Waals surface area contributed by atoms with E-state index in [1.807, 2.05) is 101 Å². The van der Waals surface area contributed by atoms with E-state index in [2.05, 4.69) is 154 Å². The molecule has 3 saturated heterocycles. The standard InChI is InChI=1S/C33H44N6O4.C27H35N7O2.C17H26N4.C15H19N3O5/c1-21-7-12-29(23-10-11-27-24(15-23)20-38(36-27)14-13-37(5)6)39(19-21)32(42)31(41)35-25-16-26(22-8-9-22)28(34-18-25)17-30(40)43-33(2,3)4;1-17-4-9-24(19-7-8-23-20(12-19)16-33(31-23)11-10-32(2)3)34(15-17)27(36)26(35)30-21-13-22(18-5-6-18)25(28)29-14-21;1-13-4-6-16(18-11-13)14-5-7-17-15(10-14)12-21(19-17)9-8-20(2)3;1-15(2,3)23-14(22)18-11-10(8-4-5-8)6-9(7-16-11)17-12(19)13(20)21/h10-11,15-16,18,20-22,29H,7-9,12-14,17,19H2,1-6H3,(H,35,41);7-8,12-14,16-18,24H,4-6,9-11,15H2,1-3H3,(H2,28,29)(H,30,35);5,7,10,12-13,16,18H,4,6,8-9,11H2,1-3H3;6-8H,4-5H2,1-3H3,(H,17,19)(H,20,21)(H,16,18,22)/p-1/t21-,29+;17-,24+;13-,16+;/m000./s1. The Hall–Kier alpha value is -11.3. The highest BCUT2D eigenvalue weighted by Crippen LogP contribution is 2.46. The largest absolute Gasteiger partial charge is 0.540 e. The number of nitrogens with two attached hydrogens (primary N) is 1. The minimum absolute atomic E-state index is 0.0719. The van der Waals surface area contributed by atoms with Gasteiger partial charge in [0.2, 0.25) is 0 Å². The molecule has 3 aromatic carbocycles. The highest BCUT2D eigenvalue weighted by molar-refractivity contribution is 6.40. The average molecular weight is 1690 g/mol. The number of hydrogen-bond acceptors (Lipinski definition) is 22. The number of fused-ring (bicyclic) bond motifs is 3. The lowest BCUT2D eigenvalue weighted by molar-refractivity contribution is -0.299. The number of likely N-dealkylation sites (tertiary alicyclic amines) is 2. The predicted molar refractivity (Wildman–Crippen MR) is 473 cm³/mol. The van der Waals surface area contributed by atoms with E-state index in [9.17, 15) is 43.5 Å². The van der Waals surface area contributed by atoms with E-state index in [4.69, 9.17) is 15.2 Å². The first kappa shape index (κ1) is 90.9. The Kier molecular flexibility index (Phi) is 29.5. The van der Waals surface area contributed by atoms with Crippen LogP contribution in [-0.2, 0) is 69.1 Å². The molecule has 6 amide bonds. The van der Waals surface area contributed by atoms with Gasteiger partial charge in [0.1, 0.15) is 28.8 Å². The van der Waals surface area contributed by atoms with Gasteiger partial charge < -0.3 is 70.9 Å². The first-order valence-electron chi connectivity index (χ1n) is 43.2. The fourth-order valence-corrected chi connectivity index (χ4v) is 15.7. The fourth-order valence-electron chi connectivity index (χ4n) is 15.7. The summed E-state index contributed by atoms with van der Waals surface area (Å²) in [6.45, 7) is 24.9. The number of esters is 1. The van der Waals surface area contributed by atoms with Crippen molar-refractivity contribution in [3.8, 4) is 0 Å². The molecule has 9 heterocycles. The lowest BCUT2D eigenvalue weighted by Gasteiger charge is -2.38. The Morgan fingerprint density at radius 2 is 0.886 bits per heavy atom. The number of ether oxygens (including phenoxy) is 2. The first-order valence-corrected chi connectivity index (χ1v) is 43.2. The SMILES string of the molecule is CC(C)(C)OC(=O)Nc1ncc(NC(=O)C(=O)[O-])cc1C1CC1.C[C@H]1CC[C@H](c2ccc3nn(CCN(C)C)cc3c2)N(C(=O)C(=O)Nc2cnc(CC(=O)OC(C)(C)C)c(C3CC3)c2)C1.C[C@H]1CC[C@H](c2ccc3nn(CCN(C)C)cc3c2)N(C(=O)C(=O)Nc2cnc(N)c(C3CC3)c2)C1.C[C@H]1CC[C@H](c2ccc3nn(CCN(C)C)cc3c2)NC1. The molecule has 15 rings (SSSR count). The Morgan fingerprint density at radius 1 is 0.480 bits per heavy atom. The van der Waals surface area contributed by atoms with Gasteiger partial charge in [-0.15, -0.1) is 0 Å². The summed E-state index contributed by atoms with van der Waals surface area (Å²) in [5.74, 6) is -2.62. The number of rotatable bonds is 21. The summed E-state index contributed by atoms with van der Waals surface area (Å²) in [7, 11) is 12.4. The van der Waals surface area contributed by atoms with Crippen LogP contribution in [0.15, 0.2) is 110 Å². The van der Waals surface area contributed by atoms with E-state index in [0.717, 1.165) is 171 Å². The molecule has 3 aliphatic heterocycles. The molecule has 0 spiro atoms. The van der Waals surface area contributed by atoms with Crippen molar-refractivity contribution >= 4 is 109 Å². The number of nitrogen functional groups attached to an aromatic ring is 1. The number of aliphatic carboxylic acids is 1. The minimum atomic E-state index is -1.83. The molecule has 31 heteroatoms. The predicted octanol–water partition coefficient (Wildman–Crippen LogP) is 11.7. The number of benzene rings is 3. The number of likely N-dealkylation sites (N-methyl/N-ethyl adjacent to an activating group) is 3. The molecule has 123 heavy (non-hydrogen) atoms. The molecule has 0 bridgehead atoms. The normalized spacial score (nSPS) is 19.1. The molecule has 0 unspecified atom stereocenters. The number of carboxylic acids is 1. The maximum atomic E-state index is 13.6. The maximum Gasteiger partial charge on any atom is 0.413 e. The summed E-state index contributed by atoms with van der Waals surface area (Å²) in [4.78, 5) is 122. The van der Waals surface area contributed by atoms with E-state index in [0.29, 0.717) is 71.5 Å². The topological polar surface area (TPSA) is 373 Å². The molecule has 3 saturated carbocycles. The number of piperidine rings is 3. The lowest BCUT2D eigenvalue weighted by Crippen LogP contribution is -2.46. The third-order valence-corrected chi connectivity index (χ3v) is 22.7. The fraction of sp³-hybridized carbons (Fsp3) is 0.522. The van der Waals surface area contributed by atoms with Gasteiger partial charge in [-0.2, -0.15) is 15.3 Å². The van der Waals surface area contributed by atoms with E-state index in [1.54, 1.807) is 36.6 Å². The van der Waals surface area contributed by atoms with Gasteiger partial charge in [0.15, 0.2) is 0 Å². The van der Waals surface area contributed by atoms with Crippen LogP contribution in [0.1, 0.15) is 214 Å². The van der Waals surface area contributed by atoms with Crippen molar-refractivity contribution < 1.29 is 52.9 Å². The second-order valence-electron chi connectivity index (χ2n) is 37.0. The number of carbonyl (C=O) groups is 8. The van der Waals surface area contributed by atoms with Crippen molar-refractivity contribution in [3.63, 3.8) is 0 Å². The second-order valence-corrected chi connectivity index (χ2v) is 37.0. The van der Waals surface area contributed by atoms with Gasteiger partial charge >= 0.3 is 35.7 Å². The summed E-state index contributed by atoms with van der Waals surface area (Å²) in [6.07, 6.45) is 22.2. The van der Waals surface area contributed by atoms with Crippen molar-refractivity contribution in [2.75, 3.05) is 109 Å². The van der Waals surface area contributed by atoms with Crippen molar-refractivity contribution in [1.29, 1.82) is 0 Å². The second kappa shape index (κ2) is 39.9. The zero-order valence-corrected chi connectivity index (χ0v) is 74.0. The molecular weight excluding hydrogens is 1560 g/mol. The summed E-state index contributed by atoms with van der Waals surface area (Å²) >= 11 is 0. The van der Waals surface area contributed by atoms with Crippen LogP contribution in [0.25, 0.3) is 32.7 Å².